The molecule has 0 atom stereocenters. The third kappa shape index (κ3) is 7.31. The summed E-state index contributed by atoms with van der Waals surface area (Å²) in [5.41, 5.74) is 2.01. The monoisotopic (exact) mass is 319 g/mol. The van der Waals surface area contributed by atoms with Crippen LogP contribution < -0.4 is 10.1 Å². The first-order valence-electron chi connectivity index (χ1n) is 6.90. The van der Waals surface area contributed by atoms with E-state index in [1.54, 1.807) is 0 Å². The van der Waals surface area contributed by atoms with Gasteiger partial charge in [-0.25, -0.2) is 0 Å². The predicted molar refractivity (Wildman–Crippen MR) is 75.9 cm³/mol. The molecular formula is C15H20F3NO3. The molecule has 0 aromatic heterocycles. The minimum absolute atomic E-state index is 0.112. The Labute approximate surface area is 127 Å². The van der Waals surface area contributed by atoms with Crippen molar-refractivity contribution in [1.29, 1.82) is 0 Å². The second-order valence-electron chi connectivity index (χ2n) is 4.84. The van der Waals surface area contributed by atoms with Crippen molar-refractivity contribution in [2.45, 2.75) is 26.4 Å². The molecule has 4 nitrogen and oxygen atoms in total. The van der Waals surface area contributed by atoms with E-state index in [9.17, 15) is 18.0 Å². The van der Waals surface area contributed by atoms with Crippen LogP contribution in [0.1, 0.15) is 17.5 Å². The lowest BCUT2D eigenvalue weighted by molar-refractivity contribution is -0.174. The molecule has 22 heavy (non-hydrogen) atoms. The van der Waals surface area contributed by atoms with E-state index < -0.39 is 12.8 Å². The number of alkyl halides is 3. The van der Waals surface area contributed by atoms with Gasteiger partial charge in [0.1, 0.15) is 19.0 Å². The van der Waals surface area contributed by atoms with Gasteiger partial charge in [-0.1, -0.05) is 18.2 Å². The number of halogens is 3. The standard InChI is InChI=1S/C15H20F3NO3/c1-11-4-3-5-12(2)14(11)22-9-7-19-13(20)6-8-21-10-15(16,17)18/h3-5H,6-10H2,1-2H3,(H,19,20). The number of nitrogens with one attached hydrogen (secondary N) is 1. The van der Waals surface area contributed by atoms with Crippen LogP contribution >= 0.6 is 0 Å². The quantitative estimate of drug-likeness (QED) is 0.750. The van der Waals surface area contributed by atoms with Crippen molar-refractivity contribution in [1.82, 2.24) is 5.32 Å². The van der Waals surface area contributed by atoms with E-state index in [-0.39, 0.29) is 25.5 Å². The van der Waals surface area contributed by atoms with Crippen molar-refractivity contribution in [3.8, 4) is 5.75 Å². The summed E-state index contributed by atoms with van der Waals surface area (Å²) in [6.07, 6.45) is -4.48. The van der Waals surface area contributed by atoms with Crippen LogP contribution in [-0.2, 0) is 9.53 Å². The first-order chi connectivity index (χ1) is 10.3. The summed E-state index contributed by atoms with van der Waals surface area (Å²) in [4.78, 5) is 11.4. The Kier molecular flexibility index (Phi) is 7.17. The lowest BCUT2D eigenvalue weighted by Gasteiger charge is -2.12. The highest BCUT2D eigenvalue weighted by Gasteiger charge is 2.27. The third-order valence-electron chi connectivity index (χ3n) is 2.82. The molecule has 124 valence electrons. The smallest absolute Gasteiger partial charge is 0.411 e. The van der Waals surface area contributed by atoms with Crippen LogP contribution in [0.25, 0.3) is 0 Å². The fraction of sp³-hybridized carbons (Fsp3) is 0.533. The number of para-hydroxylation sites is 1. The van der Waals surface area contributed by atoms with Crippen molar-refractivity contribution in [3.63, 3.8) is 0 Å². The zero-order valence-electron chi connectivity index (χ0n) is 12.6. The molecule has 0 spiro atoms. The molecule has 1 aromatic rings. The topological polar surface area (TPSA) is 47.6 Å². The summed E-state index contributed by atoms with van der Waals surface area (Å²) in [5, 5.41) is 2.56. The van der Waals surface area contributed by atoms with E-state index in [1.165, 1.54) is 0 Å². The highest BCUT2D eigenvalue weighted by atomic mass is 19.4. The van der Waals surface area contributed by atoms with Crippen molar-refractivity contribution >= 4 is 5.91 Å². The van der Waals surface area contributed by atoms with E-state index in [0.717, 1.165) is 16.9 Å². The number of hydrogen-bond acceptors (Lipinski definition) is 3. The fourth-order valence-corrected chi connectivity index (χ4v) is 1.81. The van der Waals surface area contributed by atoms with Crippen LogP contribution in [0.5, 0.6) is 5.75 Å². The molecule has 0 heterocycles. The van der Waals surface area contributed by atoms with Crippen molar-refractivity contribution in [2.24, 2.45) is 0 Å². The van der Waals surface area contributed by atoms with Gasteiger partial charge in [0.2, 0.25) is 5.91 Å². The van der Waals surface area contributed by atoms with Gasteiger partial charge in [-0.2, -0.15) is 13.2 Å². The van der Waals surface area contributed by atoms with Crippen molar-refractivity contribution < 1.29 is 27.4 Å². The molecule has 0 unspecified atom stereocenters. The molecule has 0 aliphatic carbocycles. The van der Waals surface area contributed by atoms with Crippen LogP contribution in [-0.4, -0.2) is 38.4 Å². The number of benzene rings is 1. The number of carbonyl (C=O) groups is 1. The molecule has 0 fully saturated rings. The van der Waals surface area contributed by atoms with Gasteiger partial charge in [0.25, 0.3) is 0 Å². The van der Waals surface area contributed by atoms with Crippen molar-refractivity contribution in [3.05, 3.63) is 29.3 Å². The highest BCUT2D eigenvalue weighted by Crippen LogP contribution is 2.21. The average Bonchev–Trinajstić information content (AvgIpc) is 2.41. The third-order valence-corrected chi connectivity index (χ3v) is 2.82. The fourth-order valence-electron chi connectivity index (χ4n) is 1.81. The number of amides is 1. The molecule has 0 radical (unpaired) electrons. The summed E-state index contributed by atoms with van der Waals surface area (Å²) in [6, 6.07) is 5.79. The Hall–Kier alpha value is -1.76. The number of aryl methyl sites for hydroxylation is 2. The molecule has 1 aromatic carbocycles. The second-order valence-corrected chi connectivity index (χ2v) is 4.84. The van der Waals surface area contributed by atoms with E-state index in [0.29, 0.717) is 6.61 Å². The largest absolute Gasteiger partial charge is 0.491 e. The lowest BCUT2D eigenvalue weighted by Crippen LogP contribution is -2.29. The summed E-state index contributed by atoms with van der Waals surface area (Å²) in [7, 11) is 0. The zero-order chi connectivity index (χ0) is 16.6. The summed E-state index contributed by atoms with van der Waals surface area (Å²) >= 11 is 0. The Balaban J connectivity index is 2.15. The van der Waals surface area contributed by atoms with Crippen LogP contribution in [0.4, 0.5) is 13.2 Å². The minimum atomic E-state index is -4.37. The number of ether oxygens (including phenoxy) is 2. The molecule has 0 aliphatic heterocycles. The van der Waals surface area contributed by atoms with Gasteiger partial charge in [0.05, 0.1) is 13.2 Å². The van der Waals surface area contributed by atoms with Crippen LogP contribution in [0.3, 0.4) is 0 Å². The summed E-state index contributed by atoms with van der Waals surface area (Å²) in [6.45, 7) is 2.84. The lowest BCUT2D eigenvalue weighted by atomic mass is 10.1. The molecule has 0 saturated carbocycles. The Morgan fingerprint density at radius 3 is 2.41 bits per heavy atom. The maximum atomic E-state index is 11.8. The number of hydrogen-bond donors (Lipinski definition) is 1. The van der Waals surface area contributed by atoms with Gasteiger partial charge in [-0.15, -0.1) is 0 Å². The molecule has 1 amide bonds. The molecule has 1 rings (SSSR count). The van der Waals surface area contributed by atoms with E-state index in [1.807, 2.05) is 32.0 Å². The predicted octanol–water partition coefficient (Wildman–Crippen LogP) is 2.77. The summed E-state index contributed by atoms with van der Waals surface area (Å²) in [5.74, 6) is 0.414. The maximum absolute atomic E-state index is 11.8. The van der Waals surface area contributed by atoms with Gasteiger partial charge >= 0.3 is 6.18 Å². The van der Waals surface area contributed by atoms with Gasteiger partial charge in [-0.05, 0) is 25.0 Å². The Bertz CT molecular complexity index is 469. The minimum Gasteiger partial charge on any atom is -0.491 e. The van der Waals surface area contributed by atoms with Crippen LogP contribution in [0, 0.1) is 13.8 Å². The molecule has 0 bridgehead atoms. The first kappa shape index (κ1) is 18.3. The summed E-state index contributed by atoms with van der Waals surface area (Å²) < 4.78 is 45.4. The van der Waals surface area contributed by atoms with Gasteiger partial charge in [0, 0.05) is 6.42 Å². The average molecular weight is 319 g/mol. The molecule has 0 aliphatic rings. The maximum Gasteiger partial charge on any atom is 0.411 e. The van der Waals surface area contributed by atoms with Crippen LogP contribution in [0.2, 0.25) is 0 Å². The Morgan fingerprint density at radius 2 is 1.82 bits per heavy atom. The SMILES string of the molecule is Cc1cccc(C)c1OCCNC(=O)CCOCC(F)(F)F. The zero-order valence-corrected chi connectivity index (χ0v) is 12.6. The van der Waals surface area contributed by atoms with Gasteiger partial charge < -0.3 is 14.8 Å². The van der Waals surface area contributed by atoms with Crippen molar-refractivity contribution in [2.75, 3.05) is 26.4 Å². The van der Waals surface area contributed by atoms with E-state index in [4.69, 9.17) is 4.74 Å². The molecule has 0 saturated heterocycles. The molecule has 7 heteroatoms. The van der Waals surface area contributed by atoms with Crippen LogP contribution in [0.15, 0.2) is 18.2 Å². The van der Waals surface area contributed by atoms with E-state index in [2.05, 4.69) is 10.1 Å². The normalized spacial score (nSPS) is 11.3. The highest BCUT2D eigenvalue weighted by molar-refractivity contribution is 5.75. The Morgan fingerprint density at radius 1 is 1.18 bits per heavy atom. The molecule has 1 N–H and O–H groups in total. The first-order valence-corrected chi connectivity index (χ1v) is 6.90. The van der Waals surface area contributed by atoms with E-state index >= 15 is 0 Å². The molecular weight excluding hydrogens is 299 g/mol. The number of rotatable bonds is 8. The van der Waals surface area contributed by atoms with Gasteiger partial charge in [0.15, 0.2) is 0 Å². The van der Waals surface area contributed by atoms with Gasteiger partial charge in [-0.3, -0.25) is 4.79 Å². The second kappa shape index (κ2) is 8.63. The number of carbonyl (C=O) groups excluding carboxylic acids is 1.